The highest BCUT2D eigenvalue weighted by atomic mass is 32.1. The van der Waals surface area contributed by atoms with Crippen LogP contribution in [0.2, 0.25) is 0 Å². The molecule has 1 aliphatic carbocycles. The number of aliphatic imine (C=N–C) groups is 1. The highest BCUT2D eigenvalue weighted by Crippen LogP contribution is 2.36. The van der Waals surface area contributed by atoms with E-state index in [-0.39, 0.29) is 23.6 Å². The first-order valence-corrected chi connectivity index (χ1v) is 8.65. The van der Waals surface area contributed by atoms with Crippen LogP contribution >= 0.6 is 12.6 Å². The molecule has 2 N–H and O–H groups in total. The van der Waals surface area contributed by atoms with Gasteiger partial charge < -0.3 is 10.4 Å². The number of halogens is 3. The number of carbonyl (C=O) groups is 1. The van der Waals surface area contributed by atoms with E-state index in [0.29, 0.717) is 22.5 Å². The number of aldehydes is 1. The van der Waals surface area contributed by atoms with Crippen LogP contribution in [-0.4, -0.2) is 27.0 Å². The molecule has 0 saturated heterocycles. The van der Waals surface area contributed by atoms with Crippen LogP contribution in [0.15, 0.2) is 50.4 Å². The molecule has 1 aromatic rings. The molecule has 2 heterocycles. The zero-order valence-corrected chi connectivity index (χ0v) is 16.1. The van der Waals surface area contributed by atoms with Crippen molar-refractivity contribution in [1.29, 1.82) is 0 Å². The molecule has 3 rings (SSSR count). The van der Waals surface area contributed by atoms with Crippen molar-refractivity contribution in [2.45, 2.75) is 39.1 Å². The Labute approximate surface area is 164 Å². The third-order valence-corrected chi connectivity index (χ3v) is 4.72. The van der Waals surface area contributed by atoms with Crippen LogP contribution in [0.4, 0.5) is 13.2 Å². The molecule has 1 aromatic heterocycles. The lowest BCUT2D eigenvalue weighted by Gasteiger charge is -2.22. The molecular formula is C18H17F3N4O2S. The summed E-state index contributed by atoms with van der Waals surface area (Å²) < 4.78 is 40.8. The number of aliphatic hydroxyl groups is 1. The minimum absolute atomic E-state index is 0.161. The third kappa shape index (κ3) is 3.71. The molecule has 6 nitrogen and oxygen atoms in total. The van der Waals surface area contributed by atoms with Gasteiger partial charge in [-0.1, -0.05) is 5.73 Å². The molecule has 0 aromatic carbocycles. The van der Waals surface area contributed by atoms with Crippen LogP contribution in [-0.2, 0) is 23.1 Å². The quantitative estimate of drug-likeness (QED) is 0.405. The molecule has 0 radical (unpaired) electrons. The zero-order valence-electron chi connectivity index (χ0n) is 15.2. The third-order valence-electron chi connectivity index (χ3n) is 4.26. The van der Waals surface area contributed by atoms with E-state index in [1.54, 1.807) is 13.0 Å². The van der Waals surface area contributed by atoms with Crippen molar-refractivity contribution in [3.8, 4) is 0 Å². The lowest BCUT2D eigenvalue weighted by molar-refractivity contribution is -0.144. The number of alkyl halides is 3. The molecule has 1 aliphatic heterocycles. The zero-order chi connectivity index (χ0) is 20.9. The molecular weight excluding hydrogens is 393 g/mol. The summed E-state index contributed by atoms with van der Waals surface area (Å²) in [6.07, 6.45) is -1.39. The van der Waals surface area contributed by atoms with Gasteiger partial charge in [-0.3, -0.25) is 9.48 Å². The van der Waals surface area contributed by atoms with Gasteiger partial charge in [-0.05, 0) is 32.4 Å². The SMILES string of the molecule is CC1=C(S)C=C=C2N=C(Cn3cc(C(C)(C)O)c(C(F)(F)F)n3)NC(C=O)=C21. The molecule has 0 spiro atoms. The van der Waals surface area contributed by atoms with Crippen molar-refractivity contribution in [2.75, 3.05) is 0 Å². The summed E-state index contributed by atoms with van der Waals surface area (Å²) in [5.41, 5.74) is 1.54. The van der Waals surface area contributed by atoms with Crippen molar-refractivity contribution in [3.63, 3.8) is 0 Å². The largest absolute Gasteiger partial charge is 0.435 e. The molecule has 148 valence electrons. The van der Waals surface area contributed by atoms with E-state index in [4.69, 9.17) is 0 Å². The molecule has 0 bridgehead atoms. The summed E-state index contributed by atoms with van der Waals surface area (Å²) in [5, 5.41) is 16.5. The number of aromatic nitrogens is 2. The first kappa shape index (κ1) is 20.2. The summed E-state index contributed by atoms with van der Waals surface area (Å²) in [6, 6.07) is 0. The molecule has 0 atom stereocenters. The maximum absolute atomic E-state index is 13.3. The topological polar surface area (TPSA) is 79.5 Å². The number of allylic oxidation sites excluding steroid dienone is 2. The second-order valence-corrected chi connectivity index (χ2v) is 7.37. The van der Waals surface area contributed by atoms with Crippen molar-refractivity contribution < 1.29 is 23.1 Å². The Morgan fingerprint density at radius 2 is 2.07 bits per heavy atom. The van der Waals surface area contributed by atoms with Crippen molar-refractivity contribution in [2.24, 2.45) is 4.99 Å². The van der Waals surface area contributed by atoms with E-state index in [1.807, 2.05) is 0 Å². The fourth-order valence-corrected chi connectivity index (χ4v) is 3.07. The summed E-state index contributed by atoms with van der Waals surface area (Å²) in [7, 11) is 0. The lowest BCUT2D eigenvalue weighted by Crippen LogP contribution is -2.33. The van der Waals surface area contributed by atoms with Gasteiger partial charge in [0, 0.05) is 22.2 Å². The van der Waals surface area contributed by atoms with Crippen LogP contribution < -0.4 is 5.32 Å². The average Bonchev–Trinajstić information content (AvgIpc) is 3.02. The number of amidine groups is 1. The van der Waals surface area contributed by atoms with E-state index < -0.39 is 17.5 Å². The maximum atomic E-state index is 13.3. The van der Waals surface area contributed by atoms with Crippen LogP contribution in [0.3, 0.4) is 0 Å². The molecule has 2 aliphatic rings. The van der Waals surface area contributed by atoms with Gasteiger partial charge in [0.15, 0.2) is 12.0 Å². The second-order valence-electron chi connectivity index (χ2n) is 6.88. The monoisotopic (exact) mass is 410 g/mol. The van der Waals surface area contributed by atoms with E-state index in [0.717, 1.165) is 16.5 Å². The minimum Gasteiger partial charge on any atom is -0.386 e. The Kier molecular flexibility index (Phi) is 4.91. The van der Waals surface area contributed by atoms with E-state index in [9.17, 15) is 23.1 Å². The Morgan fingerprint density at radius 3 is 2.61 bits per heavy atom. The van der Waals surface area contributed by atoms with Crippen molar-refractivity contribution in [3.05, 3.63) is 56.7 Å². The van der Waals surface area contributed by atoms with Crippen LogP contribution in [0.1, 0.15) is 32.0 Å². The summed E-state index contributed by atoms with van der Waals surface area (Å²) in [5.74, 6) is 0.218. The molecule has 0 unspecified atom stereocenters. The number of nitrogens with one attached hydrogen (secondary N) is 1. The molecule has 0 amide bonds. The summed E-state index contributed by atoms with van der Waals surface area (Å²) in [4.78, 5) is 16.5. The highest BCUT2D eigenvalue weighted by molar-refractivity contribution is 7.84. The number of thiol groups is 1. The highest BCUT2D eigenvalue weighted by Gasteiger charge is 2.41. The lowest BCUT2D eigenvalue weighted by atomic mass is 9.97. The van der Waals surface area contributed by atoms with Gasteiger partial charge in [-0.2, -0.15) is 18.3 Å². The molecule has 0 saturated carbocycles. The number of rotatable bonds is 4. The first-order valence-electron chi connectivity index (χ1n) is 8.20. The molecule has 28 heavy (non-hydrogen) atoms. The minimum atomic E-state index is -4.72. The van der Waals surface area contributed by atoms with E-state index in [2.05, 4.69) is 33.8 Å². The predicted octanol–water partition coefficient (Wildman–Crippen LogP) is 2.84. The standard InChI is InChI=1S/C18H17F3N4O2S/c1-9-13(28)5-4-11-15(9)12(8-26)23-14(22-11)7-25-6-10(17(2,3)27)16(24-25)18(19,20)21/h5-6,8,27-28H,7H2,1-3H3,(H,22,23). The van der Waals surface area contributed by atoms with Crippen LogP contribution in [0.5, 0.6) is 0 Å². The number of hydrogen-bond acceptors (Lipinski definition) is 6. The molecule has 0 fully saturated rings. The fraction of sp³-hybridized carbons (Fsp3) is 0.333. The fourth-order valence-electron chi connectivity index (χ4n) is 2.90. The first-order chi connectivity index (χ1) is 12.9. The van der Waals surface area contributed by atoms with Gasteiger partial charge in [-0.15, -0.1) is 12.6 Å². The van der Waals surface area contributed by atoms with Gasteiger partial charge in [0.05, 0.1) is 17.8 Å². The van der Waals surface area contributed by atoms with Crippen LogP contribution in [0.25, 0.3) is 0 Å². The van der Waals surface area contributed by atoms with Crippen molar-refractivity contribution >= 4 is 24.8 Å². The number of carbonyl (C=O) groups excluding carboxylic acids is 1. The summed E-state index contributed by atoms with van der Waals surface area (Å²) in [6.45, 7) is 4.12. The van der Waals surface area contributed by atoms with Gasteiger partial charge in [0.1, 0.15) is 11.5 Å². The van der Waals surface area contributed by atoms with Gasteiger partial charge in [-0.25, -0.2) is 4.99 Å². The Hall–Kier alpha value is -2.55. The second kappa shape index (κ2) is 6.80. The predicted molar refractivity (Wildman–Crippen MR) is 99.4 cm³/mol. The van der Waals surface area contributed by atoms with E-state index in [1.165, 1.54) is 13.8 Å². The number of nitrogens with zero attached hydrogens (tertiary/aromatic N) is 3. The normalized spacial score (nSPS) is 17.3. The van der Waals surface area contributed by atoms with Crippen molar-refractivity contribution in [1.82, 2.24) is 15.1 Å². The van der Waals surface area contributed by atoms with Gasteiger partial charge in [0.2, 0.25) is 0 Å². The van der Waals surface area contributed by atoms with Gasteiger partial charge >= 0.3 is 6.18 Å². The van der Waals surface area contributed by atoms with Crippen LogP contribution in [0, 0.1) is 0 Å². The Bertz CT molecular complexity index is 985. The Balaban J connectivity index is 1.99. The Morgan fingerprint density at radius 1 is 1.39 bits per heavy atom. The average molecular weight is 410 g/mol. The number of fused-ring (bicyclic) bond motifs is 1. The molecule has 10 heteroatoms. The van der Waals surface area contributed by atoms with E-state index >= 15 is 0 Å². The summed E-state index contributed by atoms with van der Waals surface area (Å²) >= 11 is 4.30. The smallest absolute Gasteiger partial charge is 0.386 e. The number of hydrogen-bond donors (Lipinski definition) is 3. The maximum Gasteiger partial charge on any atom is 0.435 e. The van der Waals surface area contributed by atoms with Gasteiger partial charge in [0.25, 0.3) is 0 Å².